The Morgan fingerprint density at radius 3 is 2.17 bits per heavy atom. The molecule has 1 heterocycles. The Balaban J connectivity index is 1.60. The van der Waals surface area contributed by atoms with Gasteiger partial charge >= 0.3 is 0 Å². The van der Waals surface area contributed by atoms with Gasteiger partial charge in [0.05, 0.1) is 11.6 Å². The molecule has 0 radical (unpaired) electrons. The van der Waals surface area contributed by atoms with Gasteiger partial charge in [0.2, 0.25) is 5.91 Å². The lowest BCUT2D eigenvalue weighted by molar-refractivity contribution is -0.121. The van der Waals surface area contributed by atoms with Gasteiger partial charge in [-0.2, -0.15) is 0 Å². The Hall–Kier alpha value is -3.16. The molecule has 3 aromatic carbocycles. The van der Waals surface area contributed by atoms with Gasteiger partial charge < -0.3 is 5.32 Å². The maximum absolute atomic E-state index is 12.8. The molecule has 1 atom stereocenters. The number of nitrogens with one attached hydrogen (secondary N) is 1. The fourth-order valence-electron chi connectivity index (χ4n) is 3.38. The number of halogens is 1. The Morgan fingerprint density at radius 1 is 0.900 bits per heavy atom. The molecule has 0 aliphatic carbocycles. The fourth-order valence-corrected chi connectivity index (χ4v) is 5.04. The van der Waals surface area contributed by atoms with Gasteiger partial charge in [0.25, 0.3) is 15.9 Å². The fraction of sp³-hybridized carbons (Fsp3) is 0.0909. The monoisotopic (exact) mass is 440 g/mol. The highest BCUT2D eigenvalue weighted by molar-refractivity contribution is 7.90. The van der Waals surface area contributed by atoms with E-state index in [0.717, 1.165) is 11.1 Å². The van der Waals surface area contributed by atoms with E-state index >= 15 is 0 Å². The minimum absolute atomic E-state index is 0.0719. The van der Waals surface area contributed by atoms with E-state index in [1.54, 1.807) is 36.4 Å². The normalized spacial score (nSPS) is 15.5. The molecule has 1 aliphatic rings. The number of fused-ring (bicyclic) bond motifs is 1. The van der Waals surface area contributed by atoms with Crippen LogP contribution in [-0.2, 0) is 14.8 Å². The molecule has 8 heteroatoms. The lowest BCUT2D eigenvalue weighted by Crippen LogP contribution is -2.41. The topological polar surface area (TPSA) is 83.6 Å². The minimum atomic E-state index is -4.06. The van der Waals surface area contributed by atoms with Gasteiger partial charge in [0.15, 0.2) is 0 Å². The third-order valence-electron chi connectivity index (χ3n) is 4.84. The number of sulfonamides is 1. The van der Waals surface area contributed by atoms with Gasteiger partial charge in [-0.05, 0) is 35.4 Å². The standard InChI is InChI=1S/C22H17ClN2O4S/c23-17-12-10-16(11-13-17)21(15-6-2-1-3-7-15)24-20(26)14-25-22(27)18-8-4-5-9-19(18)30(25,28)29/h1-13,21H,14H2,(H,24,26). The number of amides is 2. The molecule has 1 N–H and O–H groups in total. The maximum Gasteiger partial charge on any atom is 0.269 e. The van der Waals surface area contributed by atoms with Crippen molar-refractivity contribution in [2.24, 2.45) is 0 Å². The lowest BCUT2D eigenvalue weighted by Gasteiger charge is -2.22. The van der Waals surface area contributed by atoms with Crippen molar-refractivity contribution in [2.75, 3.05) is 6.54 Å². The zero-order valence-corrected chi connectivity index (χ0v) is 17.2. The van der Waals surface area contributed by atoms with E-state index in [1.165, 1.54) is 12.1 Å². The summed E-state index contributed by atoms with van der Waals surface area (Å²) in [5, 5.41) is 3.40. The van der Waals surface area contributed by atoms with Crippen LogP contribution in [0.15, 0.2) is 83.8 Å². The van der Waals surface area contributed by atoms with Crippen molar-refractivity contribution in [1.29, 1.82) is 0 Å². The van der Waals surface area contributed by atoms with Crippen LogP contribution in [0.3, 0.4) is 0 Å². The Morgan fingerprint density at radius 2 is 1.50 bits per heavy atom. The molecule has 0 saturated carbocycles. The van der Waals surface area contributed by atoms with Crippen LogP contribution in [0.5, 0.6) is 0 Å². The second-order valence-electron chi connectivity index (χ2n) is 6.78. The van der Waals surface area contributed by atoms with Crippen molar-refractivity contribution >= 4 is 33.4 Å². The van der Waals surface area contributed by atoms with Crippen LogP contribution in [0.1, 0.15) is 27.5 Å². The molecule has 0 bridgehead atoms. The lowest BCUT2D eigenvalue weighted by atomic mass is 9.98. The molecule has 0 saturated heterocycles. The second kappa shape index (κ2) is 7.93. The molecule has 152 valence electrons. The number of carbonyl (C=O) groups is 2. The van der Waals surface area contributed by atoms with E-state index in [9.17, 15) is 18.0 Å². The number of carbonyl (C=O) groups excluding carboxylic acids is 2. The van der Waals surface area contributed by atoms with Crippen LogP contribution < -0.4 is 5.32 Å². The van der Waals surface area contributed by atoms with Crippen LogP contribution in [0.4, 0.5) is 0 Å². The highest BCUT2D eigenvalue weighted by Gasteiger charge is 2.42. The van der Waals surface area contributed by atoms with E-state index in [1.807, 2.05) is 30.3 Å². The van der Waals surface area contributed by atoms with Gasteiger partial charge in [-0.3, -0.25) is 9.59 Å². The van der Waals surface area contributed by atoms with E-state index < -0.39 is 34.4 Å². The molecular weight excluding hydrogens is 424 g/mol. The van der Waals surface area contributed by atoms with Gasteiger partial charge in [-0.15, -0.1) is 0 Å². The van der Waals surface area contributed by atoms with Gasteiger partial charge in [-0.25, -0.2) is 12.7 Å². The number of nitrogens with zero attached hydrogens (tertiary/aromatic N) is 1. The van der Waals surface area contributed by atoms with Gasteiger partial charge in [0, 0.05) is 5.02 Å². The molecule has 4 rings (SSSR count). The third kappa shape index (κ3) is 3.69. The Bertz CT molecular complexity index is 1210. The number of hydrogen-bond donors (Lipinski definition) is 1. The van der Waals surface area contributed by atoms with Crippen molar-refractivity contribution in [2.45, 2.75) is 10.9 Å². The van der Waals surface area contributed by atoms with E-state index in [-0.39, 0.29) is 10.5 Å². The van der Waals surface area contributed by atoms with Crippen LogP contribution in [0.25, 0.3) is 0 Å². The Kier molecular flexibility index (Phi) is 5.32. The summed E-state index contributed by atoms with van der Waals surface area (Å²) in [6.45, 7) is -0.604. The van der Waals surface area contributed by atoms with E-state index in [4.69, 9.17) is 11.6 Å². The van der Waals surface area contributed by atoms with Gasteiger partial charge in [-0.1, -0.05) is 66.2 Å². The van der Waals surface area contributed by atoms with E-state index in [0.29, 0.717) is 9.33 Å². The summed E-state index contributed by atoms with van der Waals surface area (Å²) in [5.41, 5.74) is 1.66. The van der Waals surface area contributed by atoms with Crippen LogP contribution in [-0.4, -0.2) is 31.1 Å². The minimum Gasteiger partial charge on any atom is -0.344 e. The quantitative estimate of drug-likeness (QED) is 0.659. The van der Waals surface area contributed by atoms with Crippen molar-refractivity contribution in [3.8, 4) is 0 Å². The molecule has 3 aromatic rings. The molecule has 30 heavy (non-hydrogen) atoms. The molecule has 2 amide bonds. The first-order valence-electron chi connectivity index (χ1n) is 9.14. The molecule has 0 aromatic heterocycles. The van der Waals surface area contributed by atoms with Crippen molar-refractivity contribution in [3.05, 3.63) is 101 Å². The first-order valence-corrected chi connectivity index (χ1v) is 11.0. The van der Waals surface area contributed by atoms with Crippen LogP contribution in [0.2, 0.25) is 5.02 Å². The molecule has 1 aliphatic heterocycles. The highest BCUT2D eigenvalue weighted by Crippen LogP contribution is 2.30. The van der Waals surface area contributed by atoms with Crippen molar-refractivity contribution < 1.29 is 18.0 Å². The molecule has 1 unspecified atom stereocenters. The predicted octanol–water partition coefficient (Wildman–Crippen LogP) is 3.39. The highest BCUT2D eigenvalue weighted by atomic mass is 35.5. The number of hydrogen-bond acceptors (Lipinski definition) is 4. The average molecular weight is 441 g/mol. The second-order valence-corrected chi connectivity index (χ2v) is 9.04. The first-order chi connectivity index (χ1) is 14.4. The number of benzene rings is 3. The molecule has 6 nitrogen and oxygen atoms in total. The summed E-state index contributed by atoms with van der Waals surface area (Å²) in [7, 11) is -4.06. The van der Waals surface area contributed by atoms with Crippen LogP contribution in [0, 0.1) is 0 Å². The largest absolute Gasteiger partial charge is 0.344 e. The average Bonchev–Trinajstić information content (AvgIpc) is 2.94. The summed E-state index contributed by atoms with van der Waals surface area (Å²) in [6, 6.07) is 21.6. The predicted molar refractivity (Wildman–Crippen MR) is 113 cm³/mol. The maximum atomic E-state index is 12.8. The van der Waals surface area contributed by atoms with Crippen LogP contribution >= 0.6 is 11.6 Å². The summed E-state index contributed by atoms with van der Waals surface area (Å²) < 4.78 is 26.0. The summed E-state index contributed by atoms with van der Waals surface area (Å²) in [4.78, 5) is 25.3. The Labute approximate surface area is 179 Å². The number of rotatable bonds is 5. The van der Waals surface area contributed by atoms with Crippen molar-refractivity contribution in [1.82, 2.24) is 9.62 Å². The third-order valence-corrected chi connectivity index (χ3v) is 6.88. The van der Waals surface area contributed by atoms with Gasteiger partial charge in [0.1, 0.15) is 11.4 Å². The zero-order chi connectivity index (χ0) is 21.3. The molecular formula is C22H17ClN2O4S. The summed E-state index contributed by atoms with van der Waals surface area (Å²) in [6.07, 6.45) is 0. The smallest absolute Gasteiger partial charge is 0.269 e. The SMILES string of the molecule is O=C(CN1C(=O)c2ccccc2S1(=O)=O)NC(c1ccccc1)c1ccc(Cl)cc1. The van der Waals surface area contributed by atoms with Crippen molar-refractivity contribution in [3.63, 3.8) is 0 Å². The molecule has 0 spiro atoms. The molecule has 0 fully saturated rings. The zero-order valence-electron chi connectivity index (χ0n) is 15.7. The summed E-state index contributed by atoms with van der Waals surface area (Å²) >= 11 is 5.97. The first kappa shape index (κ1) is 20.1. The summed E-state index contributed by atoms with van der Waals surface area (Å²) in [5.74, 6) is -1.30. The van der Waals surface area contributed by atoms with E-state index in [2.05, 4.69) is 5.32 Å².